The number of benzene rings is 1. The van der Waals surface area contributed by atoms with Gasteiger partial charge < -0.3 is 10.1 Å². The van der Waals surface area contributed by atoms with Crippen LogP contribution in [0.2, 0.25) is 0 Å². The van der Waals surface area contributed by atoms with Crippen LogP contribution in [0.1, 0.15) is 18.9 Å². The summed E-state index contributed by atoms with van der Waals surface area (Å²) >= 11 is 2.81. The molecule has 0 aliphatic carbocycles. The largest absolute Gasteiger partial charge is 0.455 e. The summed E-state index contributed by atoms with van der Waals surface area (Å²) < 4.78 is 5.07. The van der Waals surface area contributed by atoms with Gasteiger partial charge in [-0.05, 0) is 36.8 Å². The van der Waals surface area contributed by atoms with Crippen LogP contribution in [0.4, 0.5) is 0 Å². The van der Waals surface area contributed by atoms with E-state index in [4.69, 9.17) is 4.74 Å². The highest BCUT2D eigenvalue weighted by atomic mass is 32.2. The van der Waals surface area contributed by atoms with Crippen molar-refractivity contribution in [3.8, 4) is 0 Å². The van der Waals surface area contributed by atoms with E-state index in [0.29, 0.717) is 0 Å². The van der Waals surface area contributed by atoms with Crippen LogP contribution in [0.15, 0.2) is 53.1 Å². The Morgan fingerprint density at radius 2 is 2.04 bits per heavy atom. The number of ether oxygens (including phenoxy) is 1. The average molecular weight is 416 g/mol. The van der Waals surface area contributed by atoms with Crippen LogP contribution in [0.3, 0.4) is 0 Å². The van der Waals surface area contributed by atoms with E-state index in [1.807, 2.05) is 36.6 Å². The first-order chi connectivity index (χ1) is 13.6. The number of hydrogen-bond donors (Lipinski definition) is 1. The van der Waals surface area contributed by atoms with Crippen molar-refractivity contribution in [2.75, 3.05) is 12.4 Å². The van der Waals surface area contributed by atoms with Crippen LogP contribution in [0.5, 0.6) is 0 Å². The van der Waals surface area contributed by atoms with Crippen LogP contribution in [0.25, 0.3) is 10.2 Å². The van der Waals surface area contributed by atoms with Gasteiger partial charge in [-0.25, -0.2) is 9.97 Å². The maximum atomic E-state index is 12.0. The molecule has 0 radical (unpaired) electrons. The number of carbonyl (C=O) groups is 2. The van der Waals surface area contributed by atoms with E-state index in [-0.39, 0.29) is 24.3 Å². The van der Waals surface area contributed by atoms with Gasteiger partial charge in [-0.15, -0.1) is 11.3 Å². The Balaban J connectivity index is 1.35. The lowest BCUT2D eigenvalue weighted by Crippen LogP contribution is -2.36. The number of fused-ring (bicyclic) bond motifs is 1. The number of rotatable bonds is 9. The molecule has 1 atom stereocenters. The van der Waals surface area contributed by atoms with Crippen molar-refractivity contribution in [1.82, 2.24) is 15.3 Å². The van der Waals surface area contributed by atoms with Gasteiger partial charge in [0.1, 0.15) is 16.2 Å². The third-order valence-corrected chi connectivity index (χ3v) is 5.83. The van der Waals surface area contributed by atoms with E-state index < -0.39 is 5.97 Å². The van der Waals surface area contributed by atoms with Crippen molar-refractivity contribution in [1.29, 1.82) is 0 Å². The number of thioether (sulfide) groups is 1. The van der Waals surface area contributed by atoms with E-state index in [2.05, 4.69) is 27.4 Å². The number of esters is 1. The van der Waals surface area contributed by atoms with Gasteiger partial charge in [-0.1, -0.05) is 42.1 Å². The summed E-state index contributed by atoms with van der Waals surface area (Å²) in [6, 6.07) is 12.0. The Bertz CT molecular complexity index is 931. The molecule has 0 spiro atoms. The first-order valence-electron chi connectivity index (χ1n) is 8.91. The second-order valence-electron chi connectivity index (χ2n) is 6.26. The summed E-state index contributed by atoms with van der Waals surface area (Å²) in [5.41, 5.74) is 1.23. The number of carbonyl (C=O) groups excluding carboxylic acids is 2. The van der Waals surface area contributed by atoms with Crippen LogP contribution < -0.4 is 5.32 Å². The molecule has 3 aromatic rings. The third-order valence-electron chi connectivity index (χ3n) is 4.03. The van der Waals surface area contributed by atoms with Crippen molar-refractivity contribution >= 4 is 45.2 Å². The minimum absolute atomic E-state index is 0.00803. The molecule has 6 nitrogen and oxygen atoms in total. The first kappa shape index (κ1) is 20.3. The van der Waals surface area contributed by atoms with E-state index in [1.54, 1.807) is 0 Å². The SMILES string of the molecule is C[C@@H](CCc1ccccc1)NC(=O)COC(=O)CSc1ncnc2sccc12. The van der Waals surface area contributed by atoms with Crippen molar-refractivity contribution in [3.63, 3.8) is 0 Å². The fourth-order valence-electron chi connectivity index (χ4n) is 2.61. The van der Waals surface area contributed by atoms with Gasteiger partial charge in [0.15, 0.2) is 6.61 Å². The van der Waals surface area contributed by atoms with E-state index in [1.165, 1.54) is 35.0 Å². The maximum Gasteiger partial charge on any atom is 0.316 e. The van der Waals surface area contributed by atoms with Gasteiger partial charge in [0.2, 0.25) is 0 Å². The first-order valence-corrected chi connectivity index (χ1v) is 10.8. The molecule has 8 heteroatoms. The van der Waals surface area contributed by atoms with Gasteiger partial charge in [-0.2, -0.15) is 0 Å². The molecule has 146 valence electrons. The second-order valence-corrected chi connectivity index (χ2v) is 8.12. The molecule has 3 rings (SSSR count). The minimum atomic E-state index is -0.445. The fraction of sp³-hybridized carbons (Fsp3) is 0.300. The predicted molar refractivity (Wildman–Crippen MR) is 111 cm³/mol. The second kappa shape index (κ2) is 10.2. The molecule has 0 fully saturated rings. The van der Waals surface area contributed by atoms with Crippen molar-refractivity contribution in [3.05, 3.63) is 53.7 Å². The van der Waals surface area contributed by atoms with Crippen molar-refractivity contribution in [2.24, 2.45) is 0 Å². The lowest BCUT2D eigenvalue weighted by molar-refractivity contribution is -0.146. The lowest BCUT2D eigenvalue weighted by atomic mass is 10.1. The molecular formula is C20H21N3O3S2. The summed E-state index contributed by atoms with van der Waals surface area (Å²) in [4.78, 5) is 33.2. The molecule has 2 aromatic heterocycles. The van der Waals surface area contributed by atoms with Gasteiger partial charge in [-0.3, -0.25) is 9.59 Å². The smallest absolute Gasteiger partial charge is 0.316 e. The molecular weight excluding hydrogens is 394 g/mol. The average Bonchev–Trinajstić information content (AvgIpc) is 3.19. The Kier molecular flexibility index (Phi) is 7.39. The Morgan fingerprint density at radius 3 is 2.86 bits per heavy atom. The molecule has 0 saturated heterocycles. The zero-order valence-corrected chi connectivity index (χ0v) is 17.1. The Morgan fingerprint density at radius 1 is 1.21 bits per heavy atom. The molecule has 0 unspecified atom stereocenters. The van der Waals surface area contributed by atoms with Crippen LogP contribution >= 0.6 is 23.1 Å². The number of nitrogens with zero attached hydrogens (tertiary/aromatic N) is 2. The molecule has 0 aliphatic rings. The van der Waals surface area contributed by atoms with Gasteiger partial charge in [0, 0.05) is 11.4 Å². The molecule has 1 aromatic carbocycles. The van der Waals surface area contributed by atoms with Crippen molar-refractivity contribution < 1.29 is 14.3 Å². The van der Waals surface area contributed by atoms with Crippen LogP contribution in [-0.4, -0.2) is 40.2 Å². The molecule has 0 saturated carbocycles. The van der Waals surface area contributed by atoms with Gasteiger partial charge in [0.05, 0.1) is 5.75 Å². The minimum Gasteiger partial charge on any atom is -0.455 e. The number of thiophene rings is 1. The fourth-order valence-corrected chi connectivity index (χ4v) is 4.19. The van der Waals surface area contributed by atoms with Gasteiger partial charge in [0.25, 0.3) is 5.91 Å². The number of nitrogens with one attached hydrogen (secondary N) is 1. The third kappa shape index (κ3) is 6.03. The zero-order valence-electron chi connectivity index (χ0n) is 15.5. The molecule has 28 heavy (non-hydrogen) atoms. The summed E-state index contributed by atoms with van der Waals surface area (Å²) in [5, 5.41) is 6.46. The van der Waals surface area contributed by atoms with E-state index >= 15 is 0 Å². The maximum absolute atomic E-state index is 12.0. The summed E-state index contributed by atoms with van der Waals surface area (Å²) in [6.45, 7) is 1.67. The summed E-state index contributed by atoms with van der Waals surface area (Å²) in [7, 11) is 0. The highest BCUT2D eigenvalue weighted by Crippen LogP contribution is 2.27. The van der Waals surface area contributed by atoms with E-state index in [0.717, 1.165) is 28.1 Å². The lowest BCUT2D eigenvalue weighted by Gasteiger charge is -2.14. The van der Waals surface area contributed by atoms with Crippen molar-refractivity contribution in [2.45, 2.75) is 30.8 Å². The van der Waals surface area contributed by atoms with E-state index in [9.17, 15) is 9.59 Å². The Hall–Kier alpha value is -2.45. The quantitative estimate of drug-likeness (QED) is 0.327. The zero-order chi connectivity index (χ0) is 19.8. The summed E-state index contributed by atoms with van der Waals surface area (Å²) in [6.07, 6.45) is 3.19. The number of aromatic nitrogens is 2. The number of amides is 1. The molecule has 0 aliphatic heterocycles. The molecule has 1 N–H and O–H groups in total. The van der Waals surface area contributed by atoms with Gasteiger partial charge >= 0.3 is 5.97 Å². The monoisotopic (exact) mass is 415 g/mol. The van der Waals surface area contributed by atoms with Crippen LogP contribution in [0, 0.1) is 0 Å². The summed E-state index contributed by atoms with van der Waals surface area (Å²) in [5.74, 6) is -0.640. The highest BCUT2D eigenvalue weighted by Gasteiger charge is 2.13. The number of hydrogen-bond acceptors (Lipinski definition) is 7. The molecule has 2 heterocycles. The standard InChI is InChI=1S/C20H21N3O3S2/c1-14(7-8-15-5-3-2-4-6-15)23-17(24)11-26-18(25)12-28-20-16-9-10-27-19(16)21-13-22-20/h2-6,9-10,13-14H,7-8,11-12H2,1H3,(H,23,24)/t14-/m0/s1. The number of aryl methyl sites for hydroxylation is 1. The normalized spacial score (nSPS) is 11.9. The van der Waals surface area contributed by atoms with Crippen LogP contribution in [-0.2, 0) is 20.7 Å². The Labute approximate surface area is 171 Å². The molecule has 0 bridgehead atoms. The predicted octanol–water partition coefficient (Wildman–Crippen LogP) is 3.46. The highest BCUT2D eigenvalue weighted by molar-refractivity contribution is 8.00. The molecule has 1 amide bonds. The topological polar surface area (TPSA) is 81.2 Å².